The number of carbonyl (C=O) groups is 2. The first-order valence-corrected chi connectivity index (χ1v) is 12.3. The zero-order valence-corrected chi connectivity index (χ0v) is 21.4. The van der Waals surface area contributed by atoms with Gasteiger partial charge in [0.15, 0.2) is 0 Å². The molecule has 0 atom stereocenters. The third-order valence-corrected chi connectivity index (χ3v) is 6.92. The minimum absolute atomic E-state index is 0.0139. The quantitative estimate of drug-likeness (QED) is 0.547. The SMILES string of the molecule is CCN(c1cc(Cl)cc(C(=O)NCc2c(C)cc(C)[nH]c2=O)c1C)[C@H]1CC[C@H](NC(C)=O)CC1. The molecule has 2 amide bonds. The monoisotopic (exact) mass is 486 g/mol. The van der Waals surface area contributed by atoms with Crippen LogP contribution in [0.4, 0.5) is 5.69 Å². The summed E-state index contributed by atoms with van der Waals surface area (Å²) in [5.74, 6) is -0.244. The summed E-state index contributed by atoms with van der Waals surface area (Å²) < 4.78 is 0. The largest absolute Gasteiger partial charge is 0.369 e. The number of hydrogen-bond acceptors (Lipinski definition) is 4. The molecule has 1 saturated carbocycles. The predicted molar refractivity (Wildman–Crippen MR) is 137 cm³/mol. The average molecular weight is 487 g/mol. The molecular weight excluding hydrogens is 452 g/mol. The van der Waals surface area contributed by atoms with Crippen LogP contribution in [0.2, 0.25) is 5.02 Å². The number of aromatic nitrogens is 1. The number of amides is 2. The molecule has 1 aromatic carbocycles. The molecule has 0 bridgehead atoms. The first-order valence-electron chi connectivity index (χ1n) is 11.9. The van der Waals surface area contributed by atoms with E-state index in [1.165, 1.54) is 0 Å². The molecular formula is C26H35ClN4O3. The molecule has 0 spiro atoms. The standard InChI is InChI=1S/C26H35ClN4O3/c1-6-31(21-9-7-20(8-10-21)30-18(5)32)24-13-19(27)12-22(17(24)4)25(33)28-14-23-15(2)11-16(3)29-26(23)34/h11-13,20-21H,6-10,14H2,1-5H3,(H,28,33)(H,29,34)(H,30,32)/t20-,21-. The molecule has 1 fully saturated rings. The van der Waals surface area contributed by atoms with Crippen molar-refractivity contribution in [1.29, 1.82) is 0 Å². The van der Waals surface area contributed by atoms with Crippen LogP contribution in [0.25, 0.3) is 0 Å². The minimum Gasteiger partial charge on any atom is -0.369 e. The lowest BCUT2D eigenvalue weighted by atomic mass is 9.89. The normalized spacial score (nSPS) is 17.8. The molecule has 0 aliphatic heterocycles. The van der Waals surface area contributed by atoms with E-state index in [1.54, 1.807) is 13.0 Å². The second-order valence-corrected chi connectivity index (χ2v) is 9.65. The van der Waals surface area contributed by atoms with Crippen molar-refractivity contribution in [1.82, 2.24) is 15.6 Å². The van der Waals surface area contributed by atoms with Crippen LogP contribution < -0.4 is 21.1 Å². The average Bonchev–Trinajstić information content (AvgIpc) is 2.76. The molecule has 0 radical (unpaired) electrons. The third-order valence-electron chi connectivity index (χ3n) is 6.70. The fraction of sp³-hybridized carbons (Fsp3) is 0.500. The van der Waals surface area contributed by atoms with E-state index < -0.39 is 0 Å². The van der Waals surface area contributed by atoms with Crippen molar-refractivity contribution in [3.63, 3.8) is 0 Å². The molecule has 3 N–H and O–H groups in total. The van der Waals surface area contributed by atoms with Crippen LogP contribution >= 0.6 is 11.6 Å². The molecule has 1 heterocycles. The van der Waals surface area contributed by atoms with Crippen molar-refractivity contribution in [2.45, 2.75) is 78.9 Å². The maximum Gasteiger partial charge on any atom is 0.253 e. The smallest absolute Gasteiger partial charge is 0.253 e. The molecule has 1 aliphatic carbocycles. The fourth-order valence-electron chi connectivity index (χ4n) is 5.01. The van der Waals surface area contributed by atoms with Gasteiger partial charge in [-0.25, -0.2) is 0 Å². The van der Waals surface area contributed by atoms with Crippen LogP contribution in [-0.4, -0.2) is 35.4 Å². The van der Waals surface area contributed by atoms with Gasteiger partial charge in [-0.15, -0.1) is 0 Å². The molecule has 0 saturated heterocycles. The van der Waals surface area contributed by atoms with Gasteiger partial charge in [0, 0.05) is 59.6 Å². The van der Waals surface area contributed by atoms with Gasteiger partial charge in [-0.2, -0.15) is 0 Å². The molecule has 1 aliphatic rings. The van der Waals surface area contributed by atoms with E-state index in [0.29, 0.717) is 22.2 Å². The van der Waals surface area contributed by atoms with E-state index in [2.05, 4.69) is 27.4 Å². The third kappa shape index (κ3) is 6.00. The molecule has 34 heavy (non-hydrogen) atoms. The van der Waals surface area contributed by atoms with E-state index in [0.717, 1.165) is 54.7 Å². The zero-order chi connectivity index (χ0) is 25.0. The van der Waals surface area contributed by atoms with Gasteiger partial charge in [0.1, 0.15) is 0 Å². The number of rotatable bonds is 7. The molecule has 8 heteroatoms. The Bertz CT molecular complexity index is 1120. The van der Waals surface area contributed by atoms with Crippen molar-refractivity contribution in [2.24, 2.45) is 0 Å². The van der Waals surface area contributed by atoms with E-state index in [-0.39, 0.29) is 30.0 Å². The number of benzene rings is 1. The van der Waals surface area contributed by atoms with E-state index in [4.69, 9.17) is 11.6 Å². The highest BCUT2D eigenvalue weighted by molar-refractivity contribution is 6.31. The summed E-state index contributed by atoms with van der Waals surface area (Å²) in [6.45, 7) is 10.2. The summed E-state index contributed by atoms with van der Waals surface area (Å²) in [5, 5.41) is 6.42. The number of nitrogens with zero attached hydrogens (tertiary/aromatic N) is 1. The van der Waals surface area contributed by atoms with Crippen LogP contribution in [0.5, 0.6) is 0 Å². The summed E-state index contributed by atoms with van der Waals surface area (Å²) in [4.78, 5) is 41.9. The van der Waals surface area contributed by atoms with Gasteiger partial charge in [-0.05, 0) is 82.7 Å². The van der Waals surface area contributed by atoms with Crippen molar-refractivity contribution in [3.8, 4) is 0 Å². The summed E-state index contributed by atoms with van der Waals surface area (Å²) >= 11 is 6.46. The Kier molecular flexibility index (Phi) is 8.42. The lowest BCUT2D eigenvalue weighted by molar-refractivity contribution is -0.119. The number of halogens is 1. The number of hydrogen-bond donors (Lipinski definition) is 3. The van der Waals surface area contributed by atoms with Gasteiger partial charge < -0.3 is 20.5 Å². The highest BCUT2D eigenvalue weighted by Crippen LogP contribution is 2.33. The van der Waals surface area contributed by atoms with Crippen molar-refractivity contribution in [2.75, 3.05) is 11.4 Å². The summed E-state index contributed by atoms with van der Waals surface area (Å²) in [5.41, 5.74) is 4.32. The number of carbonyl (C=O) groups excluding carboxylic acids is 2. The summed E-state index contributed by atoms with van der Waals surface area (Å²) in [6.07, 6.45) is 3.78. The predicted octanol–water partition coefficient (Wildman–Crippen LogP) is 4.16. The highest BCUT2D eigenvalue weighted by atomic mass is 35.5. The van der Waals surface area contributed by atoms with Gasteiger partial charge in [-0.3, -0.25) is 14.4 Å². The van der Waals surface area contributed by atoms with Crippen molar-refractivity contribution in [3.05, 3.63) is 61.5 Å². The Morgan fingerprint density at radius 1 is 1.12 bits per heavy atom. The molecule has 3 rings (SSSR count). The Morgan fingerprint density at radius 2 is 1.79 bits per heavy atom. The molecule has 2 aromatic rings. The van der Waals surface area contributed by atoms with E-state index >= 15 is 0 Å². The minimum atomic E-state index is -0.258. The summed E-state index contributed by atoms with van der Waals surface area (Å²) in [6, 6.07) is 6.04. The fourth-order valence-corrected chi connectivity index (χ4v) is 5.22. The van der Waals surface area contributed by atoms with Gasteiger partial charge >= 0.3 is 0 Å². The second kappa shape index (κ2) is 11.1. The molecule has 7 nitrogen and oxygen atoms in total. The Morgan fingerprint density at radius 3 is 2.38 bits per heavy atom. The number of H-pyrrole nitrogens is 1. The van der Waals surface area contributed by atoms with Gasteiger partial charge in [-0.1, -0.05) is 11.6 Å². The highest BCUT2D eigenvalue weighted by Gasteiger charge is 2.28. The number of aryl methyl sites for hydroxylation is 2. The molecule has 184 valence electrons. The van der Waals surface area contributed by atoms with Crippen LogP contribution in [-0.2, 0) is 11.3 Å². The maximum atomic E-state index is 13.1. The lowest BCUT2D eigenvalue weighted by Gasteiger charge is -2.39. The van der Waals surface area contributed by atoms with Gasteiger partial charge in [0.2, 0.25) is 5.91 Å². The number of pyridine rings is 1. The van der Waals surface area contributed by atoms with E-state index in [1.807, 2.05) is 32.9 Å². The summed E-state index contributed by atoms with van der Waals surface area (Å²) in [7, 11) is 0. The van der Waals surface area contributed by atoms with Gasteiger partial charge in [0.25, 0.3) is 11.5 Å². The lowest BCUT2D eigenvalue weighted by Crippen LogP contribution is -2.44. The number of aromatic amines is 1. The van der Waals surface area contributed by atoms with Crippen LogP contribution in [0.15, 0.2) is 23.0 Å². The topological polar surface area (TPSA) is 94.3 Å². The molecule has 1 aromatic heterocycles. The number of anilines is 1. The first-order chi connectivity index (χ1) is 16.1. The molecule has 0 unspecified atom stereocenters. The zero-order valence-electron chi connectivity index (χ0n) is 20.7. The Labute approximate surface area is 206 Å². The van der Waals surface area contributed by atoms with Gasteiger partial charge in [0.05, 0.1) is 0 Å². The van der Waals surface area contributed by atoms with Crippen LogP contribution in [0.1, 0.15) is 72.3 Å². The van der Waals surface area contributed by atoms with Crippen LogP contribution in [0, 0.1) is 20.8 Å². The first kappa shape index (κ1) is 25.8. The second-order valence-electron chi connectivity index (χ2n) is 9.22. The van der Waals surface area contributed by atoms with E-state index in [9.17, 15) is 14.4 Å². The van der Waals surface area contributed by atoms with Crippen molar-refractivity contribution < 1.29 is 9.59 Å². The Balaban J connectivity index is 1.79. The number of nitrogens with one attached hydrogen (secondary N) is 3. The Hall–Kier alpha value is -2.80. The van der Waals surface area contributed by atoms with Crippen molar-refractivity contribution >= 4 is 29.1 Å². The maximum absolute atomic E-state index is 13.1. The van der Waals surface area contributed by atoms with Crippen LogP contribution in [0.3, 0.4) is 0 Å².